The van der Waals surface area contributed by atoms with Crippen LogP contribution in [-0.4, -0.2) is 8.42 Å². The van der Waals surface area contributed by atoms with Gasteiger partial charge in [0.1, 0.15) is 10.7 Å². The van der Waals surface area contributed by atoms with Crippen LogP contribution in [0.3, 0.4) is 0 Å². The van der Waals surface area contributed by atoms with Gasteiger partial charge in [0.2, 0.25) is 10.0 Å². The topological polar surface area (TPSA) is 72.2 Å². The second-order valence-electron chi connectivity index (χ2n) is 4.14. The Labute approximate surface area is 125 Å². The Bertz CT molecular complexity index is 735. The van der Waals surface area contributed by atoms with Crippen molar-refractivity contribution in [1.29, 1.82) is 0 Å². The van der Waals surface area contributed by atoms with Crippen molar-refractivity contribution in [2.45, 2.75) is 11.4 Å². The number of nitrogens with one attached hydrogen (secondary N) is 1. The number of hydrogen-bond acceptors (Lipinski definition) is 3. The summed E-state index contributed by atoms with van der Waals surface area (Å²) in [5.74, 6) is -0.412. The van der Waals surface area contributed by atoms with Crippen LogP contribution in [0.5, 0.6) is 0 Å². The Morgan fingerprint density at radius 2 is 1.95 bits per heavy atom. The summed E-state index contributed by atoms with van der Waals surface area (Å²) in [4.78, 5) is -0.00268. The Kier molecular flexibility index (Phi) is 4.42. The molecule has 0 unspecified atom stereocenters. The molecule has 0 aliphatic rings. The molecule has 7 heteroatoms. The summed E-state index contributed by atoms with van der Waals surface area (Å²) in [7, 11) is -3.74. The van der Waals surface area contributed by atoms with Gasteiger partial charge in [-0.05, 0) is 35.9 Å². The van der Waals surface area contributed by atoms with E-state index in [0.29, 0.717) is 10.0 Å². The third kappa shape index (κ3) is 3.56. The Hall–Kier alpha value is -1.44. The molecular weight excluding hydrogens is 347 g/mol. The average Bonchev–Trinajstić information content (AvgIpc) is 2.36. The molecule has 0 saturated heterocycles. The maximum absolute atomic E-state index is 13.0. The number of hydrogen-bond donors (Lipinski definition) is 2. The van der Waals surface area contributed by atoms with E-state index in [-0.39, 0.29) is 17.1 Å². The van der Waals surface area contributed by atoms with E-state index in [2.05, 4.69) is 20.7 Å². The summed E-state index contributed by atoms with van der Waals surface area (Å²) in [6.45, 7) is -0.00437. The largest absolute Gasteiger partial charge is 0.398 e. The van der Waals surface area contributed by atoms with Crippen molar-refractivity contribution in [2.75, 3.05) is 5.73 Å². The fourth-order valence-electron chi connectivity index (χ4n) is 1.67. The lowest BCUT2D eigenvalue weighted by molar-refractivity contribution is 0.580. The highest BCUT2D eigenvalue weighted by Crippen LogP contribution is 2.22. The van der Waals surface area contributed by atoms with E-state index < -0.39 is 15.8 Å². The van der Waals surface area contributed by atoms with Crippen LogP contribution < -0.4 is 10.5 Å². The van der Waals surface area contributed by atoms with Gasteiger partial charge in [-0.15, -0.1) is 0 Å². The van der Waals surface area contributed by atoms with E-state index in [4.69, 9.17) is 5.73 Å². The van der Waals surface area contributed by atoms with Gasteiger partial charge in [0, 0.05) is 11.0 Å². The number of nitrogens with two attached hydrogens (primary N) is 1. The number of benzene rings is 2. The van der Waals surface area contributed by atoms with Gasteiger partial charge in [0.25, 0.3) is 0 Å². The van der Waals surface area contributed by atoms with Crippen molar-refractivity contribution < 1.29 is 12.8 Å². The smallest absolute Gasteiger partial charge is 0.242 e. The molecule has 2 aromatic carbocycles. The van der Waals surface area contributed by atoms with E-state index in [1.165, 1.54) is 30.3 Å². The second-order valence-corrected chi connectivity index (χ2v) is 6.79. The molecule has 0 heterocycles. The van der Waals surface area contributed by atoms with Crippen molar-refractivity contribution in [2.24, 2.45) is 0 Å². The van der Waals surface area contributed by atoms with E-state index in [0.717, 1.165) is 0 Å². The Balaban J connectivity index is 2.19. The number of halogens is 2. The van der Waals surface area contributed by atoms with Gasteiger partial charge >= 0.3 is 0 Å². The van der Waals surface area contributed by atoms with Gasteiger partial charge in [-0.3, -0.25) is 0 Å². The average molecular weight is 359 g/mol. The Morgan fingerprint density at radius 3 is 2.60 bits per heavy atom. The van der Waals surface area contributed by atoms with Crippen LogP contribution in [0.2, 0.25) is 0 Å². The predicted molar refractivity (Wildman–Crippen MR) is 79.0 cm³/mol. The fraction of sp³-hybridized carbons (Fsp3) is 0.0769. The lowest BCUT2D eigenvalue weighted by atomic mass is 10.2. The van der Waals surface area contributed by atoms with E-state index in [1.807, 2.05) is 0 Å². The second kappa shape index (κ2) is 5.90. The number of nitrogen functional groups attached to an aromatic ring is 1. The first-order valence-electron chi connectivity index (χ1n) is 5.67. The van der Waals surface area contributed by atoms with E-state index >= 15 is 0 Å². The monoisotopic (exact) mass is 358 g/mol. The molecule has 3 N–H and O–H groups in total. The zero-order valence-corrected chi connectivity index (χ0v) is 12.7. The van der Waals surface area contributed by atoms with Gasteiger partial charge in [0.05, 0.1) is 5.69 Å². The van der Waals surface area contributed by atoms with Gasteiger partial charge in [-0.2, -0.15) is 0 Å². The highest BCUT2D eigenvalue weighted by molar-refractivity contribution is 9.10. The van der Waals surface area contributed by atoms with Crippen molar-refractivity contribution in [3.05, 3.63) is 58.3 Å². The first-order valence-corrected chi connectivity index (χ1v) is 7.95. The molecule has 4 nitrogen and oxygen atoms in total. The zero-order valence-electron chi connectivity index (χ0n) is 10.3. The van der Waals surface area contributed by atoms with Crippen molar-refractivity contribution in [3.8, 4) is 0 Å². The van der Waals surface area contributed by atoms with Gasteiger partial charge in [0.15, 0.2) is 0 Å². The minimum atomic E-state index is -3.74. The third-order valence-electron chi connectivity index (χ3n) is 2.62. The maximum Gasteiger partial charge on any atom is 0.242 e. The molecule has 0 fully saturated rings. The normalized spacial score (nSPS) is 11.5. The van der Waals surface area contributed by atoms with Crippen LogP contribution >= 0.6 is 15.9 Å². The fourth-order valence-corrected chi connectivity index (χ4v) is 3.17. The molecule has 0 atom stereocenters. The quantitative estimate of drug-likeness (QED) is 0.825. The number of rotatable bonds is 4. The molecular formula is C13H12BrFN2O2S. The number of sulfonamides is 1. The summed E-state index contributed by atoms with van der Waals surface area (Å²) in [5.41, 5.74) is 6.37. The van der Waals surface area contributed by atoms with Crippen molar-refractivity contribution in [3.63, 3.8) is 0 Å². The maximum atomic E-state index is 13.0. The summed E-state index contributed by atoms with van der Waals surface area (Å²) in [6.07, 6.45) is 0. The highest BCUT2D eigenvalue weighted by Gasteiger charge is 2.17. The van der Waals surface area contributed by atoms with Crippen LogP contribution in [0.15, 0.2) is 51.8 Å². The standard InChI is InChI=1S/C13H12BrFN2O2S/c14-10-4-5-13(12(16)7-10)20(18,19)17-8-9-2-1-3-11(15)6-9/h1-7,17H,8,16H2. The molecule has 2 aromatic rings. The van der Waals surface area contributed by atoms with E-state index in [1.54, 1.807) is 12.1 Å². The van der Waals surface area contributed by atoms with Crippen LogP contribution in [-0.2, 0) is 16.6 Å². The number of anilines is 1. The van der Waals surface area contributed by atoms with Crippen LogP contribution in [0.25, 0.3) is 0 Å². The molecule has 0 amide bonds. The van der Waals surface area contributed by atoms with Crippen LogP contribution in [0.1, 0.15) is 5.56 Å². The molecule has 20 heavy (non-hydrogen) atoms. The Morgan fingerprint density at radius 1 is 1.20 bits per heavy atom. The van der Waals surface area contributed by atoms with Gasteiger partial charge in [-0.1, -0.05) is 28.1 Å². The molecule has 0 bridgehead atoms. The third-order valence-corrected chi connectivity index (χ3v) is 4.59. The minimum Gasteiger partial charge on any atom is -0.398 e. The first-order chi connectivity index (χ1) is 9.38. The van der Waals surface area contributed by atoms with Crippen LogP contribution in [0, 0.1) is 5.82 Å². The zero-order chi connectivity index (χ0) is 14.8. The molecule has 0 aliphatic heterocycles. The SMILES string of the molecule is Nc1cc(Br)ccc1S(=O)(=O)NCc1cccc(F)c1. The van der Waals surface area contributed by atoms with Gasteiger partial charge < -0.3 is 5.73 Å². The molecule has 0 spiro atoms. The predicted octanol–water partition coefficient (Wildman–Crippen LogP) is 2.65. The molecule has 106 valence electrons. The van der Waals surface area contributed by atoms with Crippen molar-refractivity contribution in [1.82, 2.24) is 4.72 Å². The lowest BCUT2D eigenvalue weighted by Gasteiger charge is -2.09. The lowest BCUT2D eigenvalue weighted by Crippen LogP contribution is -2.24. The molecule has 0 aromatic heterocycles. The van der Waals surface area contributed by atoms with Crippen molar-refractivity contribution >= 4 is 31.6 Å². The van der Waals surface area contributed by atoms with Crippen LogP contribution in [0.4, 0.5) is 10.1 Å². The minimum absolute atomic E-state index is 0.00268. The molecule has 0 saturated carbocycles. The summed E-state index contributed by atoms with van der Waals surface area (Å²) >= 11 is 3.21. The van der Waals surface area contributed by atoms with Gasteiger partial charge in [-0.25, -0.2) is 17.5 Å². The molecule has 0 radical (unpaired) electrons. The summed E-state index contributed by atoms with van der Waals surface area (Å²) in [6, 6.07) is 10.2. The highest BCUT2D eigenvalue weighted by atomic mass is 79.9. The van der Waals surface area contributed by atoms with E-state index in [9.17, 15) is 12.8 Å². The molecule has 2 rings (SSSR count). The molecule has 0 aliphatic carbocycles. The summed E-state index contributed by atoms with van der Waals surface area (Å²) < 4.78 is 40.3. The first kappa shape index (κ1) is 15.0. The summed E-state index contributed by atoms with van der Waals surface area (Å²) in [5, 5.41) is 0.